The maximum absolute atomic E-state index is 6.72. The van der Waals surface area contributed by atoms with Gasteiger partial charge in [0.1, 0.15) is 0 Å². The van der Waals surface area contributed by atoms with Crippen LogP contribution in [0.5, 0.6) is 11.5 Å². The Labute approximate surface area is 267 Å². The molecule has 0 amide bonds. The highest BCUT2D eigenvalue weighted by molar-refractivity contribution is 5.88. The Bertz CT molecular complexity index is 2120. The summed E-state index contributed by atoms with van der Waals surface area (Å²) in [5.74, 6) is 2.47. The molecule has 3 aliphatic rings. The summed E-state index contributed by atoms with van der Waals surface area (Å²) in [7, 11) is 0. The summed E-state index contributed by atoms with van der Waals surface area (Å²) in [6, 6.07) is 19.3. The van der Waals surface area contributed by atoms with Crippen LogP contribution in [0, 0.1) is 17.8 Å². The topological polar surface area (TPSA) is 95.2 Å². The number of anilines is 2. The smallest absolute Gasteiger partial charge is 0.176 e. The fourth-order valence-corrected chi connectivity index (χ4v) is 7.82. The summed E-state index contributed by atoms with van der Waals surface area (Å²) in [4.78, 5) is 10.0. The lowest BCUT2D eigenvalue weighted by atomic mass is 9.71. The summed E-state index contributed by atoms with van der Waals surface area (Å²) in [6.45, 7) is 12.7. The van der Waals surface area contributed by atoms with Crippen molar-refractivity contribution >= 4 is 33.3 Å². The number of benzene rings is 3. The van der Waals surface area contributed by atoms with Crippen molar-refractivity contribution in [3.05, 3.63) is 78.8 Å². The van der Waals surface area contributed by atoms with E-state index in [0.29, 0.717) is 0 Å². The second kappa shape index (κ2) is 10.1. The van der Waals surface area contributed by atoms with Gasteiger partial charge in [0.05, 0.1) is 42.3 Å². The van der Waals surface area contributed by atoms with E-state index in [1.807, 2.05) is 18.6 Å². The number of H-pyrrole nitrogens is 2. The van der Waals surface area contributed by atoms with E-state index in [9.17, 15) is 0 Å². The number of ether oxygens (including phenoxy) is 2. The van der Waals surface area contributed by atoms with E-state index < -0.39 is 0 Å². The molecule has 232 valence electrons. The largest absolute Gasteiger partial charge is 0.451 e. The van der Waals surface area contributed by atoms with Gasteiger partial charge in [-0.3, -0.25) is 10.2 Å². The fourth-order valence-electron chi connectivity index (χ4n) is 7.82. The van der Waals surface area contributed by atoms with Crippen molar-refractivity contribution in [2.45, 2.75) is 27.2 Å². The minimum absolute atomic E-state index is 0.232. The van der Waals surface area contributed by atoms with Gasteiger partial charge in [-0.05, 0) is 84.6 Å². The summed E-state index contributed by atoms with van der Waals surface area (Å²) < 4.78 is 12.6. The van der Waals surface area contributed by atoms with Crippen LogP contribution in [0.3, 0.4) is 0 Å². The fraction of sp³-hybridized carbons (Fsp3) is 0.324. The van der Waals surface area contributed by atoms with Gasteiger partial charge >= 0.3 is 0 Å². The van der Waals surface area contributed by atoms with E-state index in [2.05, 4.69) is 106 Å². The molecule has 0 unspecified atom stereocenters. The number of rotatable bonds is 6. The Hall–Kier alpha value is -4.73. The van der Waals surface area contributed by atoms with Crippen molar-refractivity contribution < 1.29 is 9.47 Å². The zero-order chi connectivity index (χ0) is 31.0. The predicted octanol–water partition coefficient (Wildman–Crippen LogP) is 7.47. The molecule has 46 heavy (non-hydrogen) atoms. The van der Waals surface area contributed by atoms with Gasteiger partial charge < -0.3 is 19.3 Å². The quantitative estimate of drug-likeness (QED) is 0.202. The second-order valence-electron chi connectivity index (χ2n) is 14.0. The molecular weight excluding hydrogens is 574 g/mol. The molecule has 9 nitrogen and oxygen atoms in total. The molecule has 9 rings (SSSR count). The van der Waals surface area contributed by atoms with Crippen molar-refractivity contribution in [1.82, 2.24) is 30.3 Å². The molecule has 9 heteroatoms. The van der Waals surface area contributed by atoms with Gasteiger partial charge in [-0.25, -0.2) is 4.98 Å². The number of nitrogens with zero attached hydrogens (tertiary/aromatic N) is 5. The van der Waals surface area contributed by atoms with Crippen LogP contribution < -0.4 is 9.64 Å². The number of aryl methyl sites for hydroxylation is 1. The third kappa shape index (κ3) is 4.33. The number of hydrogen-bond donors (Lipinski definition) is 2. The summed E-state index contributed by atoms with van der Waals surface area (Å²) in [6.07, 6.45) is 6.71. The van der Waals surface area contributed by atoms with Crippen LogP contribution in [0.15, 0.2) is 73.2 Å². The second-order valence-corrected chi connectivity index (χ2v) is 14.0. The van der Waals surface area contributed by atoms with Gasteiger partial charge in [-0.1, -0.05) is 26.0 Å². The monoisotopic (exact) mass is 611 g/mol. The van der Waals surface area contributed by atoms with E-state index >= 15 is 0 Å². The van der Waals surface area contributed by atoms with Gasteiger partial charge in [0.25, 0.3) is 0 Å². The van der Waals surface area contributed by atoms with Crippen LogP contribution in [0.1, 0.15) is 25.8 Å². The van der Waals surface area contributed by atoms with E-state index in [1.165, 1.54) is 5.56 Å². The lowest BCUT2D eigenvalue weighted by Crippen LogP contribution is -2.34. The molecular formula is C37H37N7O2. The van der Waals surface area contributed by atoms with Crippen molar-refractivity contribution in [1.29, 1.82) is 0 Å². The van der Waals surface area contributed by atoms with Crippen molar-refractivity contribution in [3.63, 3.8) is 0 Å². The molecule has 0 spiro atoms. The number of pyridine rings is 1. The van der Waals surface area contributed by atoms with Crippen LogP contribution in [0.2, 0.25) is 0 Å². The lowest BCUT2D eigenvalue weighted by Gasteiger charge is -2.33. The van der Waals surface area contributed by atoms with Crippen LogP contribution in [0.4, 0.5) is 11.5 Å². The minimum Gasteiger partial charge on any atom is -0.451 e. The average Bonchev–Trinajstić information content (AvgIpc) is 3.82. The molecule has 0 bridgehead atoms. The van der Waals surface area contributed by atoms with E-state index in [1.54, 1.807) is 0 Å². The molecule has 2 atom stereocenters. The Morgan fingerprint density at radius 2 is 1.46 bits per heavy atom. The molecule has 6 heterocycles. The van der Waals surface area contributed by atoms with Crippen molar-refractivity contribution in [3.8, 4) is 33.8 Å². The normalized spacial score (nSPS) is 22.3. The van der Waals surface area contributed by atoms with Crippen LogP contribution in [-0.4, -0.2) is 69.7 Å². The maximum atomic E-state index is 6.72. The number of aromatic amines is 2. The molecule has 3 aromatic heterocycles. The van der Waals surface area contributed by atoms with Crippen molar-refractivity contribution in [2.24, 2.45) is 10.8 Å². The highest BCUT2D eigenvalue weighted by Crippen LogP contribution is 2.51. The SMILES string of the molecule is Cc1cc2c(cc1-c1ccc3[nH]ncc3c1)Oc1cc(-c3ccc4[nH]ncc4c3)cnc1N2CCCN1C[C@]2(C)COC[C@]2(C)C1. The molecule has 2 saturated heterocycles. The number of aromatic nitrogens is 5. The Kier molecular flexibility index (Phi) is 6.08. The molecule has 2 fully saturated rings. The number of likely N-dealkylation sites (tertiary alicyclic amines) is 1. The summed E-state index contributed by atoms with van der Waals surface area (Å²) in [5, 5.41) is 16.7. The molecule has 6 aromatic rings. The number of nitrogens with one attached hydrogen (secondary N) is 2. The van der Waals surface area contributed by atoms with Gasteiger partial charge in [-0.2, -0.15) is 10.2 Å². The van der Waals surface area contributed by atoms with Crippen LogP contribution >= 0.6 is 0 Å². The molecule has 3 aliphatic heterocycles. The first-order valence-corrected chi connectivity index (χ1v) is 16.1. The zero-order valence-corrected chi connectivity index (χ0v) is 26.4. The van der Waals surface area contributed by atoms with Crippen molar-refractivity contribution in [2.75, 3.05) is 44.3 Å². The zero-order valence-electron chi connectivity index (χ0n) is 26.4. The summed E-state index contributed by atoms with van der Waals surface area (Å²) >= 11 is 0. The Morgan fingerprint density at radius 1 is 0.761 bits per heavy atom. The molecule has 2 N–H and O–H groups in total. The lowest BCUT2D eigenvalue weighted by molar-refractivity contribution is 0.130. The molecule has 3 aromatic carbocycles. The highest BCUT2D eigenvalue weighted by Gasteiger charge is 2.55. The van der Waals surface area contributed by atoms with Crippen LogP contribution in [-0.2, 0) is 4.74 Å². The van der Waals surface area contributed by atoms with Gasteiger partial charge in [0, 0.05) is 53.0 Å². The number of fused-ring (bicyclic) bond motifs is 5. The first-order chi connectivity index (χ1) is 22.4. The van der Waals surface area contributed by atoms with E-state index in [-0.39, 0.29) is 10.8 Å². The Morgan fingerprint density at radius 3 is 2.20 bits per heavy atom. The molecule has 0 radical (unpaired) electrons. The third-order valence-corrected chi connectivity index (χ3v) is 10.7. The highest BCUT2D eigenvalue weighted by atomic mass is 16.5. The van der Waals surface area contributed by atoms with Gasteiger partial charge in [-0.15, -0.1) is 0 Å². The van der Waals surface area contributed by atoms with E-state index in [0.717, 1.165) is 113 Å². The van der Waals surface area contributed by atoms with Gasteiger partial charge in [0.2, 0.25) is 0 Å². The third-order valence-electron chi connectivity index (χ3n) is 10.7. The first-order valence-electron chi connectivity index (χ1n) is 16.1. The minimum atomic E-state index is 0.232. The molecule has 0 saturated carbocycles. The average molecular weight is 612 g/mol. The maximum Gasteiger partial charge on any atom is 0.176 e. The van der Waals surface area contributed by atoms with Gasteiger partial charge in [0.15, 0.2) is 17.3 Å². The predicted molar refractivity (Wildman–Crippen MR) is 181 cm³/mol. The summed E-state index contributed by atoms with van der Waals surface area (Å²) in [5.41, 5.74) is 9.13. The Balaban J connectivity index is 1.06. The molecule has 0 aliphatic carbocycles. The standard InChI is InChI=1S/C37H37N7O2/c1-23-11-32-33(15-29(23)25-6-8-31-28(13-25)18-40-42-31)46-34-14-26(24-5-7-30-27(12-24)17-39-41-30)16-38-35(34)44(32)10-4-9-43-19-36(2)21-45-22-37(36,3)20-43/h5-8,11-18H,4,9-10,19-22H2,1-3H3,(H,39,41)(H,40,42)/t36-,37+. The number of hydrogen-bond acceptors (Lipinski definition) is 7. The first kappa shape index (κ1) is 27.6. The van der Waals surface area contributed by atoms with Crippen LogP contribution in [0.25, 0.3) is 44.1 Å². The van der Waals surface area contributed by atoms with E-state index in [4.69, 9.17) is 14.5 Å².